The zero-order valence-corrected chi connectivity index (χ0v) is 35.1. The van der Waals surface area contributed by atoms with E-state index in [4.69, 9.17) is 18.9 Å². The van der Waals surface area contributed by atoms with E-state index in [1.165, 1.54) is 25.7 Å². The van der Waals surface area contributed by atoms with E-state index >= 15 is 0 Å². The van der Waals surface area contributed by atoms with Gasteiger partial charge in [0.05, 0.1) is 47.3 Å². The minimum absolute atomic E-state index is 0.470. The maximum atomic E-state index is 6.03. The molecule has 0 atom stereocenters. The van der Waals surface area contributed by atoms with E-state index in [1.807, 2.05) is 147 Å². The average Bonchev–Trinajstić information content (AvgIpc) is 3.28. The Bertz CT molecular complexity index is 2140. The SMILES string of the molecule is CCCCCOc1ccc(COc2ccc(N=Nc3ccc(N=Nc4ccc(N=Nc5ccc(OCc6ccc(OCCCCC)cc6)cc5C)cc4)cc3)c(C)c2)cc1. The van der Waals surface area contributed by atoms with Crippen molar-refractivity contribution in [2.24, 2.45) is 30.7 Å². The number of unbranched alkanes of at least 4 members (excludes halogenated alkanes) is 4. The van der Waals surface area contributed by atoms with Crippen molar-refractivity contribution in [2.75, 3.05) is 13.2 Å². The summed E-state index contributed by atoms with van der Waals surface area (Å²) in [6.07, 6.45) is 6.89. The van der Waals surface area contributed by atoms with Crippen molar-refractivity contribution in [2.45, 2.75) is 79.4 Å². The van der Waals surface area contributed by atoms with Crippen LogP contribution in [0.2, 0.25) is 0 Å². The van der Waals surface area contributed by atoms with E-state index in [2.05, 4.69) is 44.5 Å². The van der Waals surface area contributed by atoms with Crippen LogP contribution in [-0.4, -0.2) is 13.2 Å². The first kappa shape index (κ1) is 42.9. The van der Waals surface area contributed by atoms with E-state index < -0.39 is 0 Å². The minimum atomic E-state index is 0.470. The lowest BCUT2D eigenvalue weighted by Gasteiger charge is -2.09. The minimum Gasteiger partial charge on any atom is -0.494 e. The molecule has 6 aromatic rings. The van der Waals surface area contributed by atoms with Crippen LogP contribution in [0, 0.1) is 13.8 Å². The first-order valence-electron chi connectivity index (χ1n) is 20.8. The Morgan fingerprint density at radius 2 is 0.683 bits per heavy atom. The predicted octanol–water partition coefficient (Wildman–Crippen LogP) is 15.8. The molecule has 0 N–H and O–H groups in total. The summed E-state index contributed by atoms with van der Waals surface area (Å²) in [7, 11) is 0. The summed E-state index contributed by atoms with van der Waals surface area (Å²) in [6, 6.07) is 42.6. The largest absolute Gasteiger partial charge is 0.494 e. The molecule has 60 heavy (non-hydrogen) atoms. The molecule has 6 rings (SSSR count). The van der Waals surface area contributed by atoms with E-state index in [-0.39, 0.29) is 0 Å². The van der Waals surface area contributed by atoms with E-state index in [1.54, 1.807) is 0 Å². The number of hydrogen-bond acceptors (Lipinski definition) is 10. The summed E-state index contributed by atoms with van der Waals surface area (Å²) < 4.78 is 23.7. The van der Waals surface area contributed by atoms with Crippen LogP contribution < -0.4 is 18.9 Å². The van der Waals surface area contributed by atoms with Crippen LogP contribution in [0.1, 0.15) is 74.6 Å². The van der Waals surface area contributed by atoms with Crippen LogP contribution in [0.3, 0.4) is 0 Å². The quantitative estimate of drug-likeness (QED) is 0.0502. The number of hydrogen-bond donors (Lipinski definition) is 0. The first-order chi connectivity index (χ1) is 29.4. The Hall–Kier alpha value is -6.68. The van der Waals surface area contributed by atoms with Gasteiger partial charge in [-0.15, -0.1) is 0 Å². The van der Waals surface area contributed by atoms with Gasteiger partial charge < -0.3 is 18.9 Å². The van der Waals surface area contributed by atoms with Crippen molar-refractivity contribution in [3.63, 3.8) is 0 Å². The zero-order valence-electron chi connectivity index (χ0n) is 35.1. The fraction of sp³-hybridized carbons (Fsp3) is 0.280. The fourth-order valence-corrected chi connectivity index (χ4v) is 5.95. The lowest BCUT2D eigenvalue weighted by atomic mass is 10.2. The fourth-order valence-electron chi connectivity index (χ4n) is 5.95. The Balaban J connectivity index is 0.930. The second kappa shape index (κ2) is 23.0. The molecule has 308 valence electrons. The van der Waals surface area contributed by atoms with Crippen molar-refractivity contribution < 1.29 is 18.9 Å². The van der Waals surface area contributed by atoms with Gasteiger partial charge in [0.2, 0.25) is 0 Å². The highest BCUT2D eigenvalue weighted by molar-refractivity contribution is 5.53. The van der Waals surface area contributed by atoms with Gasteiger partial charge in [-0.2, -0.15) is 30.7 Å². The van der Waals surface area contributed by atoms with Crippen LogP contribution in [-0.2, 0) is 13.2 Å². The summed E-state index contributed by atoms with van der Waals surface area (Å²) in [5.41, 5.74) is 8.47. The molecule has 0 aliphatic heterocycles. The van der Waals surface area contributed by atoms with Gasteiger partial charge in [0.15, 0.2) is 0 Å². The molecule has 10 nitrogen and oxygen atoms in total. The van der Waals surface area contributed by atoms with Crippen molar-refractivity contribution >= 4 is 34.1 Å². The van der Waals surface area contributed by atoms with Gasteiger partial charge in [-0.25, -0.2) is 0 Å². The van der Waals surface area contributed by atoms with Crippen LogP contribution >= 0.6 is 0 Å². The third kappa shape index (κ3) is 14.0. The second-order valence-electron chi connectivity index (χ2n) is 14.5. The van der Waals surface area contributed by atoms with Gasteiger partial charge in [0.1, 0.15) is 36.2 Å². The maximum absolute atomic E-state index is 6.03. The maximum Gasteiger partial charge on any atom is 0.120 e. The molecule has 0 amide bonds. The first-order valence-corrected chi connectivity index (χ1v) is 20.8. The average molecular weight is 803 g/mol. The molecule has 0 saturated carbocycles. The molecule has 0 heterocycles. The molecule has 0 aliphatic carbocycles. The number of aryl methyl sites for hydroxylation is 2. The Kier molecular flexibility index (Phi) is 16.5. The van der Waals surface area contributed by atoms with Gasteiger partial charge in [0, 0.05) is 0 Å². The normalized spacial score (nSPS) is 11.5. The molecule has 0 aromatic heterocycles. The number of benzene rings is 6. The van der Waals surface area contributed by atoms with Crippen LogP contribution in [0.5, 0.6) is 23.0 Å². The van der Waals surface area contributed by atoms with Gasteiger partial charge in [0.25, 0.3) is 0 Å². The van der Waals surface area contributed by atoms with E-state index in [9.17, 15) is 0 Å². The highest BCUT2D eigenvalue weighted by Crippen LogP contribution is 2.30. The number of nitrogens with zero attached hydrogens (tertiary/aromatic N) is 6. The van der Waals surface area contributed by atoms with Crippen molar-refractivity contribution in [3.05, 3.63) is 156 Å². The molecular formula is C50H54N6O4. The molecule has 0 spiro atoms. The van der Waals surface area contributed by atoms with E-state index in [0.717, 1.165) is 82.7 Å². The number of rotatable bonds is 22. The molecule has 0 saturated heterocycles. The predicted molar refractivity (Wildman–Crippen MR) is 239 cm³/mol. The van der Waals surface area contributed by atoms with Gasteiger partial charge in [-0.05, 0) is 158 Å². The van der Waals surface area contributed by atoms with E-state index in [0.29, 0.717) is 36.0 Å². The van der Waals surface area contributed by atoms with Crippen molar-refractivity contribution in [3.8, 4) is 23.0 Å². The Morgan fingerprint density at radius 3 is 1.02 bits per heavy atom. The van der Waals surface area contributed by atoms with Gasteiger partial charge in [-0.1, -0.05) is 63.8 Å². The third-order valence-corrected chi connectivity index (χ3v) is 9.55. The molecular weight excluding hydrogens is 749 g/mol. The number of azo groups is 3. The standard InChI is InChI=1S/C50H54N6O4/c1-5-7-9-31-57-45-23-11-39(12-24-45)35-59-47-27-29-49(37(3)33-47)55-53-43-19-15-41(16-20-43)51-52-42-17-21-44(22-18-42)54-56-50-30-28-48(34-38(50)4)60-36-40-13-25-46(26-14-40)58-32-10-8-6-2/h11-30,33-34H,5-10,31-32,35-36H2,1-4H3. The third-order valence-electron chi connectivity index (χ3n) is 9.55. The second-order valence-corrected chi connectivity index (χ2v) is 14.5. The Morgan fingerprint density at radius 1 is 0.350 bits per heavy atom. The molecule has 6 aromatic carbocycles. The summed E-state index contributed by atoms with van der Waals surface area (Å²) >= 11 is 0. The van der Waals surface area contributed by atoms with Crippen LogP contribution in [0.15, 0.2) is 164 Å². The lowest BCUT2D eigenvalue weighted by Crippen LogP contribution is -1.98. The smallest absolute Gasteiger partial charge is 0.120 e. The van der Waals surface area contributed by atoms with Gasteiger partial charge in [-0.3, -0.25) is 0 Å². The lowest BCUT2D eigenvalue weighted by molar-refractivity contribution is 0.301. The zero-order chi connectivity index (χ0) is 41.8. The summed E-state index contributed by atoms with van der Waals surface area (Å²) in [6.45, 7) is 10.8. The van der Waals surface area contributed by atoms with Crippen LogP contribution in [0.4, 0.5) is 34.1 Å². The summed E-state index contributed by atoms with van der Waals surface area (Å²) in [4.78, 5) is 0. The van der Waals surface area contributed by atoms with Crippen molar-refractivity contribution in [1.29, 1.82) is 0 Å². The Labute approximate surface area is 354 Å². The molecule has 0 unspecified atom stereocenters. The topological polar surface area (TPSA) is 111 Å². The monoisotopic (exact) mass is 802 g/mol. The summed E-state index contributed by atoms with van der Waals surface area (Å²) in [5.74, 6) is 3.34. The highest BCUT2D eigenvalue weighted by Gasteiger charge is 2.05. The molecule has 0 bridgehead atoms. The number of ether oxygens (including phenoxy) is 4. The summed E-state index contributed by atoms with van der Waals surface area (Å²) in [5, 5.41) is 26.5. The molecule has 10 heteroatoms. The molecule has 0 radical (unpaired) electrons. The highest BCUT2D eigenvalue weighted by atomic mass is 16.5. The molecule has 0 fully saturated rings. The van der Waals surface area contributed by atoms with Crippen molar-refractivity contribution in [1.82, 2.24) is 0 Å². The van der Waals surface area contributed by atoms with Crippen LogP contribution in [0.25, 0.3) is 0 Å². The van der Waals surface area contributed by atoms with Gasteiger partial charge >= 0.3 is 0 Å². The molecule has 0 aliphatic rings.